The van der Waals surface area contributed by atoms with Crippen LogP contribution in [0.25, 0.3) is 0 Å². The molecule has 12 heteroatoms. The van der Waals surface area contributed by atoms with Gasteiger partial charge in [0.1, 0.15) is 33.9 Å². The zero-order valence-corrected chi connectivity index (χ0v) is 20.1. The van der Waals surface area contributed by atoms with Crippen molar-refractivity contribution >= 4 is 57.6 Å². The zero-order chi connectivity index (χ0) is 23.7. The van der Waals surface area contributed by atoms with Crippen molar-refractivity contribution in [3.63, 3.8) is 0 Å². The van der Waals surface area contributed by atoms with Crippen molar-refractivity contribution in [3.05, 3.63) is 34.2 Å². The van der Waals surface area contributed by atoms with Gasteiger partial charge in [-0.25, -0.2) is 0 Å². The molecule has 1 aromatic rings. The number of quaternary nitrogens is 1. The van der Waals surface area contributed by atoms with Crippen LogP contribution in [-0.4, -0.2) is 89.0 Å². The lowest BCUT2D eigenvalue weighted by atomic mass is 10.3. The third kappa shape index (κ3) is 6.67. The van der Waals surface area contributed by atoms with E-state index in [-0.39, 0.29) is 30.0 Å². The average molecular weight is 502 g/mol. The van der Waals surface area contributed by atoms with Crippen LogP contribution in [0.5, 0.6) is 0 Å². The van der Waals surface area contributed by atoms with E-state index in [1.54, 1.807) is 0 Å². The fourth-order valence-electron chi connectivity index (χ4n) is 3.16. The number of hydrogen-bond acceptors (Lipinski definition) is 10. The highest BCUT2D eigenvalue weighted by Gasteiger charge is 2.38. The second kappa shape index (κ2) is 13.1. The molecule has 1 aromatic carbocycles. The van der Waals surface area contributed by atoms with Crippen LogP contribution in [-0.2, 0) is 9.59 Å². The maximum Gasteiger partial charge on any atom is 0.269 e. The quantitative estimate of drug-likeness (QED) is 0.228. The van der Waals surface area contributed by atoms with Crippen molar-refractivity contribution in [2.45, 2.75) is 11.8 Å². The molecule has 3 rings (SSSR count). The topological polar surface area (TPSA) is 129 Å². The number of anilines is 1. The molecular weight excluding hydrogens is 474 g/mol. The Balaban J connectivity index is 0.000000309. The molecule has 176 valence electrons. The summed E-state index contributed by atoms with van der Waals surface area (Å²) < 4.78 is 0.254. The van der Waals surface area contributed by atoms with Gasteiger partial charge >= 0.3 is 0 Å². The van der Waals surface area contributed by atoms with E-state index in [4.69, 9.17) is 27.5 Å². The number of carboxylic acid groups (broad SMARTS) is 1. The third-order valence-electron chi connectivity index (χ3n) is 4.65. The number of nitrogens with one attached hydrogen (secondary N) is 1. The van der Waals surface area contributed by atoms with E-state index >= 15 is 0 Å². The summed E-state index contributed by atoms with van der Waals surface area (Å²) in [5.74, 6) is -1.69. The molecule has 0 aliphatic carbocycles. The summed E-state index contributed by atoms with van der Waals surface area (Å²) in [5.41, 5.74) is 1.05. The largest absolute Gasteiger partial charge is 0.548 e. The number of aliphatic hydroxyl groups excluding tert-OH is 3. The molecular formula is C20H27N3O6S3. The van der Waals surface area contributed by atoms with Crippen molar-refractivity contribution in [2.75, 3.05) is 57.4 Å². The first-order chi connectivity index (χ1) is 15.4. The van der Waals surface area contributed by atoms with E-state index in [9.17, 15) is 14.7 Å². The number of para-hydroxylation sites is 1. The average Bonchev–Trinajstić information content (AvgIpc) is 3.26. The molecule has 0 saturated carbocycles. The van der Waals surface area contributed by atoms with Gasteiger partial charge in [-0.1, -0.05) is 47.9 Å². The molecule has 4 N–H and O–H groups in total. The minimum absolute atomic E-state index is 0.106. The molecule has 1 saturated heterocycles. The second-order valence-electron chi connectivity index (χ2n) is 6.75. The number of carbonyl (C=O) groups excluding carboxylic acids is 2. The van der Waals surface area contributed by atoms with E-state index in [2.05, 4.69) is 0 Å². The molecule has 1 fully saturated rings. The number of fused-ring (bicyclic) bond motifs is 1. The number of aliphatic hydroxyl groups is 3. The van der Waals surface area contributed by atoms with E-state index < -0.39 is 12.5 Å². The summed E-state index contributed by atoms with van der Waals surface area (Å²) in [4.78, 5) is 29.0. The Morgan fingerprint density at radius 2 is 1.66 bits per heavy atom. The maximum absolute atomic E-state index is 12.5. The Morgan fingerprint density at radius 3 is 2.19 bits per heavy atom. The minimum Gasteiger partial charge on any atom is -0.548 e. The first-order valence-corrected chi connectivity index (χ1v) is 12.1. The standard InChI is InChI=1S/C14H12N2O3S3.C6H15NO3/c1-2-15-8-5-3-4-6-9(8)21-13(15)11-12(19)16(7-10(17)18)14(20)22-11;8-4-1-7(2-5-9)3-6-10/h3-6H,2,7H2,1H3,(H,17,18);8-10H,1-6H2. The van der Waals surface area contributed by atoms with Crippen LogP contribution in [0.3, 0.4) is 0 Å². The summed E-state index contributed by atoms with van der Waals surface area (Å²) >= 11 is 7.78. The van der Waals surface area contributed by atoms with Crippen LogP contribution in [0.15, 0.2) is 39.1 Å². The van der Waals surface area contributed by atoms with Gasteiger partial charge in [0.25, 0.3) is 5.91 Å². The molecule has 9 nitrogen and oxygen atoms in total. The summed E-state index contributed by atoms with van der Waals surface area (Å²) in [5, 5.41) is 37.1. The lowest BCUT2D eigenvalue weighted by molar-refractivity contribution is -0.901. The fourth-order valence-corrected chi connectivity index (χ4v) is 5.79. The van der Waals surface area contributed by atoms with Gasteiger partial charge in [-0.2, -0.15) is 0 Å². The molecule has 0 spiro atoms. The second-order valence-corrected chi connectivity index (χ2v) is 9.43. The van der Waals surface area contributed by atoms with Gasteiger partial charge in [0.2, 0.25) is 0 Å². The highest BCUT2D eigenvalue weighted by Crippen LogP contribution is 2.50. The van der Waals surface area contributed by atoms with Crippen molar-refractivity contribution in [1.29, 1.82) is 0 Å². The summed E-state index contributed by atoms with van der Waals surface area (Å²) in [7, 11) is 0. The highest BCUT2D eigenvalue weighted by atomic mass is 32.2. The molecule has 0 radical (unpaired) electrons. The normalized spacial score (nSPS) is 17.7. The van der Waals surface area contributed by atoms with Gasteiger partial charge in [-0.15, -0.1) is 0 Å². The number of nitrogens with zero attached hydrogens (tertiary/aromatic N) is 2. The van der Waals surface area contributed by atoms with Crippen LogP contribution in [0.4, 0.5) is 5.69 Å². The molecule has 2 aliphatic rings. The number of carboxylic acids is 1. The van der Waals surface area contributed by atoms with Crippen LogP contribution < -0.4 is 14.9 Å². The first-order valence-electron chi connectivity index (χ1n) is 10.1. The number of hydrogen-bond donors (Lipinski definition) is 4. The number of aliphatic carboxylic acids is 1. The number of benzene rings is 1. The Kier molecular flexibility index (Phi) is 10.9. The molecule has 0 atom stereocenters. The maximum atomic E-state index is 12.5. The van der Waals surface area contributed by atoms with Crippen LogP contribution in [0.2, 0.25) is 0 Å². The number of amides is 1. The third-order valence-corrected chi connectivity index (χ3v) is 7.40. The monoisotopic (exact) mass is 501 g/mol. The lowest BCUT2D eigenvalue weighted by Gasteiger charge is -2.19. The van der Waals surface area contributed by atoms with Crippen LogP contribution in [0, 0.1) is 0 Å². The minimum atomic E-state index is -1.32. The summed E-state index contributed by atoms with van der Waals surface area (Å²) in [6.07, 6.45) is 0. The van der Waals surface area contributed by atoms with E-state index in [1.165, 1.54) is 11.8 Å². The van der Waals surface area contributed by atoms with E-state index in [0.29, 0.717) is 31.1 Å². The van der Waals surface area contributed by atoms with Gasteiger partial charge in [0.05, 0.1) is 38.0 Å². The molecule has 0 unspecified atom stereocenters. The first kappa shape index (κ1) is 26.6. The molecule has 0 bridgehead atoms. The predicted octanol–water partition coefficient (Wildman–Crippen LogP) is -1.75. The predicted molar refractivity (Wildman–Crippen MR) is 126 cm³/mol. The van der Waals surface area contributed by atoms with Gasteiger partial charge in [-0.05, 0) is 19.1 Å². The van der Waals surface area contributed by atoms with Crippen molar-refractivity contribution < 1.29 is 34.9 Å². The van der Waals surface area contributed by atoms with Gasteiger partial charge in [0, 0.05) is 11.4 Å². The number of thioether (sulfide) groups is 2. The van der Waals surface area contributed by atoms with Crippen molar-refractivity contribution in [2.24, 2.45) is 0 Å². The lowest BCUT2D eigenvalue weighted by Crippen LogP contribution is -3.13. The molecule has 2 aliphatic heterocycles. The Hall–Kier alpha value is -1.67. The summed E-state index contributed by atoms with van der Waals surface area (Å²) in [6, 6.07) is 7.90. The van der Waals surface area contributed by atoms with Crippen LogP contribution >= 0.6 is 35.7 Å². The fraction of sp³-hybridized carbons (Fsp3) is 0.450. The van der Waals surface area contributed by atoms with E-state index in [1.807, 2.05) is 36.1 Å². The number of carbonyl (C=O) groups is 2. The molecule has 32 heavy (non-hydrogen) atoms. The Bertz CT molecular complexity index is 852. The Labute approximate surface area is 200 Å². The SMILES string of the molecule is CCN1C(=C2SC(=S)N(CC(=O)[O-])C2=O)Sc2ccccc21.OCC[NH+](CCO)CCO. The van der Waals surface area contributed by atoms with E-state index in [0.717, 1.165) is 37.2 Å². The molecule has 2 heterocycles. The molecule has 1 amide bonds. The number of thiocarbonyl (C=S) groups is 1. The molecule has 0 aromatic heterocycles. The van der Waals surface area contributed by atoms with Crippen molar-refractivity contribution in [3.8, 4) is 0 Å². The summed E-state index contributed by atoms with van der Waals surface area (Å²) in [6.45, 7) is 4.32. The van der Waals surface area contributed by atoms with Gasteiger partial charge in [0.15, 0.2) is 0 Å². The Morgan fingerprint density at radius 1 is 1.06 bits per heavy atom. The number of rotatable bonds is 9. The highest BCUT2D eigenvalue weighted by molar-refractivity contribution is 8.27. The van der Waals surface area contributed by atoms with Gasteiger partial charge < -0.3 is 35.0 Å². The van der Waals surface area contributed by atoms with Crippen molar-refractivity contribution in [1.82, 2.24) is 4.90 Å². The van der Waals surface area contributed by atoms with Crippen LogP contribution in [0.1, 0.15) is 6.92 Å². The van der Waals surface area contributed by atoms with Gasteiger partial charge in [-0.3, -0.25) is 9.69 Å². The zero-order valence-electron chi connectivity index (χ0n) is 17.7. The smallest absolute Gasteiger partial charge is 0.269 e.